The Morgan fingerprint density at radius 1 is 1.39 bits per heavy atom. The first-order chi connectivity index (χ1) is 8.08. The molecule has 18 heavy (non-hydrogen) atoms. The molecule has 9 heteroatoms. The van der Waals surface area contributed by atoms with E-state index in [1.54, 1.807) is 0 Å². The predicted molar refractivity (Wildman–Crippen MR) is 53.3 cm³/mol. The highest BCUT2D eigenvalue weighted by atomic mass is 35.5. The van der Waals surface area contributed by atoms with Gasteiger partial charge in [-0.25, -0.2) is 4.79 Å². The van der Waals surface area contributed by atoms with E-state index in [1.807, 2.05) is 0 Å². The van der Waals surface area contributed by atoms with Gasteiger partial charge in [0.15, 0.2) is 11.0 Å². The molecule has 0 aliphatic heterocycles. The van der Waals surface area contributed by atoms with Gasteiger partial charge < -0.3 is 14.8 Å². The summed E-state index contributed by atoms with van der Waals surface area (Å²) in [6, 6.07) is 2.17. The third kappa shape index (κ3) is 2.58. The number of carbonyl (C=O) groups is 2. The third-order valence-corrected chi connectivity index (χ3v) is 2.36. The van der Waals surface area contributed by atoms with Crippen molar-refractivity contribution in [2.75, 3.05) is 0 Å². The summed E-state index contributed by atoms with van der Waals surface area (Å²) in [6.07, 6.45) is -5.16. The molecule has 0 aliphatic rings. The molecule has 0 fully saturated rings. The highest BCUT2D eigenvalue weighted by Gasteiger charge is 2.58. The third-order valence-electron chi connectivity index (χ3n) is 2.16. The Balaban J connectivity index is 3.00. The van der Waals surface area contributed by atoms with E-state index in [4.69, 9.17) is 16.7 Å². The summed E-state index contributed by atoms with van der Waals surface area (Å²) in [5, 5.41) is 9.72. The molecule has 1 aromatic heterocycles. The summed E-state index contributed by atoms with van der Waals surface area (Å²) in [5.74, 6) is -4.08. The fraction of sp³-hybridized carbons (Fsp3) is 0.333. The molecule has 0 radical (unpaired) electrons. The van der Waals surface area contributed by atoms with Crippen molar-refractivity contribution < 1.29 is 32.3 Å². The highest BCUT2D eigenvalue weighted by Crippen LogP contribution is 2.30. The minimum Gasteiger partial charge on any atom is -0.479 e. The molecule has 1 amide bonds. The Morgan fingerprint density at radius 3 is 2.28 bits per heavy atom. The number of hydrogen-bond acceptors (Lipinski definition) is 3. The standard InChI is InChI=1S/C9H7ClF3NO4/c1-8(7(16)17,9(11,12)13)14-6(15)4-2-3-5(10)18-4/h2-3H,1H3,(H,14,15)(H,16,17). The number of carboxylic acid groups (broad SMARTS) is 1. The average molecular weight is 286 g/mol. The summed E-state index contributed by atoms with van der Waals surface area (Å²) in [5.41, 5.74) is -3.41. The molecule has 100 valence electrons. The number of amides is 1. The largest absolute Gasteiger partial charge is 0.479 e. The maximum Gasteiger partial charge on any atom is 0.422 e. The zero-order valence-electron chi connectivity index (χ0n) is 8.84. The Bertz CT molecular complexity index is 484. The summed E-state index contributed by atoms with van der Waals surface area (Å²) in [4.78, 5) is 22.0. The van der Waals surface area contributed by atoms with Crippen LogP contribution in [0.15, 0.2) is 16.5 Å². The topological polar surface area (TPSA) is 79.5 Å². The lowest BCUT2D eigenvalue weighted by Crippen LogP contribution is -2.61. The fourth-order valence-corrected chi connectivity index (χ4v) is 1.12. The minimum atomic E-state index is -5.16. The van der Waals surface area contributed by atoms with Crippen LogP contribution in [0.1, 0.15) is 17.5 Å². The van der Waals surface area contributed by atoms with E-state index < -0.39 is 29.4 Å². The van der Waals surface area contributed by atoms with Crippen LogP contribution in [0.5, 0.6) is 0 Å². The number of hydrogen-bond donors (Lipinski definition) is 2. The van der Waals surface area contributed by atoms with Crippen LogP contribution in [0.25, 0.3) is 0 Å². The van der Waals surface area contributed by atoms with Crippen LogP contribution < -0.4 is 5.32 Å². The zero-order valence-corrected chi connectivity index (χ0v) is 9.59. The number of halogens is 4. The summed E-state index contributed by atoms with van der Waals surface area (Å²) >= 11 is 5.34. The van der Waals surface area contributed by atoms with Crippen molar-refractivity contribution in [2.45, 2.75) is 18.6 Å². The Hall–Kier alpha value is -1.70. The number of carboxylic acids is 1. The van der Waals surface area contributed by atoms with Gasteiger partial charge in [-0.05, 0) is 30.7 Å². The number of rotatable bonds is 3. The van der Waals surface area contributed by atoms with Crippen LogP contribution in [0.3, 0.4) is 0 Å². The molecule has 1 atom stereocenters. The molecule has 1 aromatic rings. The average Bonchev–Trinajstić information content (AvgIpc) is 2.62. The molecule has 1 rings (SSSR count). The maximum atomic E-state index is 12.6. The number of aliphatic carboxylic acids is 1. The van der Waals surface area contributed by atoms with Gasteiger partial charge in [-0.1, -0.05) is 0 Å². The van der Waals surface area contributed by atoms with Gasteiger partial charge in [0.2, 0.25) is 5.54 Å². The summed E-state index contributed by atoms with van der Waals surface area (Å²) < 4.78 is 42.3. The summed E-state index contributed by atoms with van der Waals surface area (Å²) in [7, 11) is 0. The number of alkyl halides is 3. The molecule has 0 aliphatic carbocycles. The molecule has 5 nitrogen and oxygen atoms in total. The van der Waals surface area contributed by atoms with Gasteiger partial charge >= 0.3 is 12.1 Å². The van der Waals surface area contributed by atoms with Gasteiger partial charge in [-0.3, -0.25) is 4.79 Å². The molecule has 0 spiro atoms. The predicted octanol–water partition coefficient (Wildman–Crippen LogP) is 2.07. The van der Waals surface area contributed by atoms with E-state index in [0.29, 0.717) is 6.92 Å². The van der Waals surface area contributed by atoms with Crippen molar-refractivity contribution in [2.24, 2.45) is 0 Å². The van der Waals surface area contributed by atoms with E-state index in [-0.39, 0.29) is 5.22 Å². The fourth-order valence-electron chi connectivity index (χ4n) is 0.971. The number of nitrogens with one attached hydrogen (secondary N) is 1. The minimum absolute atomic E-state index is 0.204. The van der Waals surface area contributed by atoms with Crippen molar-refractivity contribution in [1.82, 2.24) is 5.32 Å². The SMILES string of the molecule is CC(NC(=O)c1ccc(Cl)o1)(C(=O)O)C(F)(F)F. The lowest BCUT2D eigenvalue weighted by molar-refractivity contribution is -0.203. The van der Waals surface area contributed by atoms with Crippen LogP contribution in [0.2, 0.25) is 5.22 Å². The van der Waals surface area contributed by atoms with Gasteiger partial charge in [0, 0.05) is 0 Å². The smallest absolute Gasteiger partial charge is 0.422 e. The lowest BCUT2D eigenvalue weighted by Gasteiger charge is -2.27. The first-order valence-corrected chi connectivity index (χ1v) is 4.83. The molecule has 0 bridgehead atoms. The van der Waals surface area contributed by atoms with Gasteiger partial charge in [0.1, 0.15) is 0 Å². The molecular weight excluding hydrogens is 279 g/mol. The second-order valence-electron chi connectivity index (χ2n) is 3.49. The molecule has 2 N–H and O–H groups in total. The molecule has 0 aromatic carbocycles. The van der Waals surface area contributed by atoms with Crippen LogP contribution in [0.4, 0.5) is 13.2 Å². The monoisotopic (exact) mass is 285 g/mol. The van der Waals surface area contributed by atoms with E-state index in [9.17, 15) is 22.8 Å². The normalized spacial score (nSPS) is 14.9. The van der Waals surface area contributed by atoms with Crippen LogP contribution in [0, 0.1) is 0 Å². The molecule has 0 saturated carbocycles. The highest BCUT2D eigenvalue weighted by molar-refractivity contribution is 6.29. The van der Waals surface area contributed by atoms with Gasteiger partial charge in [-0.2, -0.15) is 13.2 Å². The summed E-state index contributed by atoms with van der Waals surface area (Å²) in [6.45, 7) is 0.331. The molecular formula is C9H7ClF3NO4. The van der Waals surface area contributed by atoms with Crippen molar-refractivity contribution in [3.63, 3.8) is 0 Å². The number of carbonyl (C=O) groups excluding carboxylic acids is 1. The molecule has 1 unspecified atom stereocenters. The van der Waals surface area contributed by atoms with Crippen LogP contribution >= 0.6 is 11.6 Å². The second kappa shape index (κ2) is 4.52. The van der Waals surface area contributed by atoms with E-state index in [2.05, 4.69) is 4.42 Å². The van der Waals surface area contributed by atoms with Crippen molar-refractivity contribution in [3.8, 4) is 0 Å². The molecule has 1 heterocycles. The zero-order chi connectivity index (χ0) is 14.1. The second-order valence-corrected chi connectivity index (χ2v) is 3.86. The van der Waals surface area contributed by atoms with Crippen molar-refractivity contribution in [1.29, 1.82) is 0 Å². The van der Waals surface area contributed by atoms with Crippen molar-refractivity contribution >= 4 is 23.5 Å². The van der Waals surface area contributed by atoms with Crippen LogP contribution in [-0.4, -0.2) is 28.7 Å². The Labute approximate surface area is 104 Å². The number of furan rings is 1. The van der Waals surface area contributed by atoms with Crippen molar-refractivity contribution in [3.05, 3.63) is 23.1 Å². The first-order valence-electron chi connectivity index (χ1n) is 4.46. The van der Waals surface area contributed by atoms with E-state index in [1.165, 1.54) is 5.32 Å². The van der Waals surface area contributed by atoms with E-state index >= 15 is 0 Å². The van der Waals surface area contributed by atoms with Gasteiger partial charge in [-0.15, -0.1) is 0 Å². The first kappa shape index (κ1) is 14.4. The van der Waals surface area contributed by atoms with Gasteiger partial charge in [0.05, 0.1) is 0 Å². The van der Waals surface area contributed by atoms with E-state index in [0.717, 1.165) is 12.1 Å². The Morgan fingerprint density at radius 2 is 1.94 bits per heavy atom. The lowest BCUT2D eigenvalue weighted by atomic mass is 10.0. The Kier molecular flexibility index (Phi) is 3.61. The van der Waals surface area contributed by atoms with Gasteiger partial charge in [0.25, 0.3) is 5.91 Å². The molecule has 0 saturated heterocycles. The maximum absolute atomic E-state index is 12.6. The van der Waals surface area contributed by atoms with Crippen LogP contribution in [-0.2, 0) is 4.79 Å². The quantitative estimate of drug-likeness (QED) is 0.891.